The van der Waals surface area contributed by atoms with Crippen molar-refractivity contribution in [2.75, 3.05) is 0 Å². The molecule has 2 heteroatoms. The smallest absolute Gasteiger partial charge is 0.306 e. The van der Waals surface area contributed by atoms with E-state index in [4.69, 9.17) is 5.11 Å². The highest BCUT2D eigenvalue weighted by Gasteiger charge is 2.41. The van der Waals surface area contributed by atoms with Gasteiger partial charge in [-0.15, -0.1) is 6.58 Å². The minimum atomic E-state index is -0.630. The summed E-state index contributed by atoms with van der Waals surface area (Å²) >= 11 is 0. The molecule has 0 amide bonds. The van der Waals surface area contributed by atoms with Gasteiger partial charge in [0.15, 0.2) is 0 Å². The molecular weight excluding hydrogens is 128 g/mol. The van der Waals surface area contributed by atoms with Crippen LogP contribution in [0, 0.1) is 11.8 Å². The number of allylic oxidation sites excluding steroid dienone is 1. The normalized spacial score (nSPS) is 29.6. The lowest BCUT2D eigenvalue weighted by molar-refractivity contribution is -0.138. The second-order valence-electron chi connectivity index (χ2n) is 2.81. The molecule has 0 radical (unpaired) electrons. The number of carbonyl (C=O) groups is 1. The van der Waals surface area contributed by atoms with E-state index in [0.717, 1.165) is 19.3 Å². The first-order valence-electron chi connectivity index (χ1n) is 3.59. The van der Waals surface area contributed by atoms with Crippen molar-refractivity contribution in [3.8, 4) is 0 Å². The van der Waals surface area contributed by atoms with E-state index < -0.39 is 5.97 Å². The van der Waals surface area contributed by atoms with Crippen molar-refractivity contribution in [2.24, 2.45) is 11.8 Å². The lowest BCUT2D eigenvalue weighted by atomic mass is 10.2. The van der Waals surface area contributed by atoms with E-state index in [9.17, 15) is 4.79 Å². The van der Waals surface area contributed by atoms with Crippen LogP contribution in [0.5, 0.6) is 0 Å². The first-order valence-corrected chi connectivity index (χ1v) is 3.59. The molecule has 1 fully saturated rings. The largest absolute Gasteiger partial charge is 0.481 e. The fourth-order valence-corrected chi connectivity index (χ4v) is 1.20. The minimum absolute atomic E-state index is 0.0417. The lowest BCUT2D eigenvalue weighted by Crippen LogP contribution is -1.98. The van der Waals surface area contributed by atoms with Crippen molar-refractivity contribution in [2.45, 2.75) is 19.3 Å². The average molecular weight is 140 g/mol. The van der Waals surface area contributed by atoms with Gasteiger partial charge in [-0.1, -0.05) is 6.08 Å². The van der Waals surface area contributed by atoms with Gasteiger partial charge in [0.1, 0.15) is 0 Å². The first kappa shape index (κ1) is 7.32. The van der Waals surface area contributed by atoms with E-state index in [1.165, 1.54) is 0 Å². The Morgan fingerprint density at radius 1 is 1.80 bits per heavy atom. The van der Waals surface area contributed by atoms with Gasteiger partial charge < -0.3 is 5.11 Å². The van der Waals surface area contributed by atoms with Crippen molar-refractivity contribution >= 4 is 5.97 Å². The van der Waals surface area contributed by atoms with Crippen molar-refractivity contribution < 1.29 is 9.90 Å². The Labute approximate surface area is 60.6 Å². The summed E-state index contributed by atoms with van der Waals surface area (Å²) in [4.78, 5) is 10.3. The van der Waals surface area contributed by atoms with Crippen LogP contribution in [0.15, 0.2) is 12.7 Å². The Morgan fingerprint density at radius 2 is 2.50 bits per heavy atom. The minimum Gasteiger partial charge on any atom is -0.481 e. The van der Waals surface area contributed by atoms with E-state index in [2.05, 4.69) is 6.58 Å². The molecule has 0 saturated heterocycles. The van der Waals surface area contributed by atoms with Crippen LogP contribution in [0.4, 0.5) is 0 Å². The molecular formula is C8H12O2. The van der Waals surface area contributed by atoms with Crippen LogP contribution in [0.2, 0.25) is 0 Å². The third kappa shape index (κ3) is 1.59. The summed E-state index contributed by atoms with van der Waals surface area (Å²) in [5.74, 6) is -0.232. The van der Waals surface area contributed by atoms with Crippen LogP contribution in [0.25, 0.3) is 0 Å². The molecule has 0 bridgehead atoms. The van der Waals surface area contributed by atoms with Gasteiger partial charge in [-0.3, -0.25) is 4.79 Å². The van der Waals surface area contributed by atoms with Gasteiger partial charge in [0, 0.05) is 0 Å². The van der Waals surface area contributed by atoms with Crippen LogP contribution in [0.1, 0.15) is 19.3 Å². The topological polar surface area (TPSA) is 37.3 Å². The maximum absolute atomic E-state index is 10.3. The fraction of sp³-hybridized carbons (Fsp3) is 0.625. The molecule has 0 aromatic heterocycles. The second kappa shape index (κ2) is 2.86. The summed E-state index contributed by atoms with van der Waals surface area (Å²) in [6.45, 7) is 3.58. The molecule has 1 rings (SSSR count). The lowest BCUT2D eigenvalue weighted by Gasteiger charge is -1.90. The highest BCUT2D eigenvalue weighted by atomic mass is 16.4. The molecule has 2 nitrogen and oxygen atoms in total. The summed E-state index contributed by atoms with van der Waals surface area (Å²) in [6, 6.07) is 0. The van der Waals surface area contributed by atoms with Crippen molar-refractivity contribution in [3.05, 3.63) is 12.7 Å². The van der Waals surface area contributed by atoms with E-state index in [1.807, 2.05) is 6.08 Å². The number of carboxylic acids is 1. The zero-order valence-corrected chi connectivity index (χ0v) is 5.92. The fourth-order valence-electron chi connectivity index (χ4n) is 1.20. The summed E-state index contributed by atoms with van der Waals surface area (Å²) in [6.07, 6.45) is 4.68. The molecule has 56 valence electrons. The van der Waals surface area contributed by atoms with E-state index in [1.54, 1.807) is 0 Å². The van der Waals surface area contributed by atoms with Crippen LogP contribution in [-0.4, -0.2) is 11.1 Å². The summed E-state index contributed by atoms with van der Waals surface area (Å²) < 4.78 is 0. The van der Waals surface area contributed by atoms with Gasteiger partial charge in [0.05, 0.1) is 5.92 Å². The van der Waals surface area contributed by atoms with Gasteiger partial charge in [0.25, 0.3) is 0 Å². The number of hydrogen-bond acceptors (Lipinski definition) is 1. The highest BCUT2D eigenvalue weighted by molar-refractivity contribution is 5.73. The zero-order chi connectivity index (χ0) is 7.56. The first-order chi connectivity index (χ1) is 4.75. The van der Waals surface area contributed by atoms with Gasteiger partial charge >= 0.3 is 5.97 Å². The van der Waals surface area contributed by atoms with Gasteiger partial charge in [0.2, 0.25) is 0 Å². The zero-order valence-electron chi connectivity index (χ0n) is 5.92. The molecule has 0 aliphatic heterocycles. The van der Waals surface area contributed by atoms with Gasteiger partial charge in [-0.05, 0) is 25.2 Å². The second-order valence-corrected chi connectivity index (χ2v) is 2.81. The van der Waals surface area contributed by atoms with Gasteiger partial charge in [-0.2, -0.15) is 0 Å². The third-order valence-corrected chi connectivity index (χ3v) is 1.98. The maximum atomic E-state index is 10.3. The molecule has 0 unspecified atom stereocenters. The van der Waals surface area contributed by atoms with E-state index in [0.29, 0.717) is 5.92 Å². The molecule has 0 heterocycles. The predicted octanol–water partition coefficient (Wildman–Crippen LogP) is 1.67. The van der Waals surface area contributed by atoms with E-state index in [-0.39, 0.29) is 5.92 Å². The van der Waals surface area contributed by atoms with E-state index >= 15 is 0 Å². The Hall–Kier alpha value is -0.790. The van der Waals surface area contributed by atoms with Crippen molar-refractivity contribution in [3.63, 3.8) is 0 Å². The Bertz CT molecular complexity index is 151. The molecule has 0 spiro atoms. The van der Waals surface area contributed by atoms with Crippen LogP contribution < -0.4 is 0 Å². The number of hydrogen-bond donors (Lipinski definition) is 1. The van der Waals surface area contributed by atoms with Crippen molar-refractivity contribution in [1.29, 1.82) is 0 Å². The summed E-state index contributed by atoms with van der Waals surface area (Å²) in [5.41, 5.74) is 0. The van der Waals surface area contributed by atoms with Crippen LogP contribution >= 0.6 is 0 Å². The quantitative estimate of drug-likeness (QED) is 0.603. The molecule has 1 saturated carbocycles. The molecule has 2 atom stereocenters. The van der Waals surface area contributed by atoms with Gasteiger partial charge in [-0.25, -0.2) is 0 Å². The van der Waals surface area contributed by atoms with Crippen LogP contribution in [-0.2, 0) is 4.79 Å². The molecule has 10 heavy (non-hydrogen) atoms. The average Bonchev–Trinajstić information content (AvgIpc) is 2.62. The molecule has 0 aromatic rings. The third-order valence-electron chi connectivity index (χ3n) is 1.98. The standard InChI is InChI=1S/C8H12O2/c1-2-3-4-6-5-7(6)8(9)10/h2,6-7H,1,3-5H2,(H,9,10)/t6-,7-/m1/s1. The Morgan fingerprint density at radius 3 is 2.90 bits per heavy atom. The summed E-state index contributed by atoms with van der Waals surface area (Å²) in [5, 5.41) is 8.50. The number of carboxylic acid groups (broad SMARTS) is 1. The summed E-state index contributed by atoms with van der Waals surface area (Å²) in [7, 11) is 0. The SMILES string of the molecule is C=CCC[C@@H]1C[C@H]1C(=O)O. The highest BCUT2D eigenvalue weighted by Crippen LogP contribution is 2.41. The Balaban J connectivity index is 2.13. The molecule has 1 N–H and O–H groups in total. The maximum Gasteiger partial charge on any atom is 0.306 e. The molecule has 0 aromatic carbocycles. The molecule has 1 aliphatic rings. The Kier molecular flexibility index (Phi) is 2.10. The number of aliphatic carboxylic acids is 1. The predicted molar refractivity (Wildman–Crippen MR) is 38.7 cm³/mol. The monoisotopic (exact) mass is 140 g/mol. The number of rotatable bonds is 4. The molecule has 1 aliphatic carbocycles. The van der Waals surface area contributed by atoms with Crippen molar-refractivity contribution in [1.82, 2.24) is 0 Å². The van der Waals surface area contributed by atoms with Crippen LogP contribution in [0.3, 0.4) is 0 Å².